The summed E-state index contributed by atoms with van der Waals surface area (Å²) in [6, 6.07) is 6.04. The van der Waals surface area contributed by atoms with E-state index in [1.54, 1.807) is 0 Å². The van der Waals surface area contributed by atoms with Gasteiger partial charge in [0.25, 0.3) is 11.5 Å². The molecule has 0 unspecified atom stereocenters. The molecule has 0 bridgehead atoms. The molecule has 0 aliphatic carbocycles. The number of aromatic nitrogens is 2. The van der Waals surface area contributed by atoms with Crippen molar-refractivity contribution in [3.63, 3.8) is 0 Å². The van der Waals surface area contributed by atoms with Crippen LogP contribution in [0.25, 0.3) is 10.2 Å². The van der Waals surface area contributed by atoms with Gasteiger partial charge >= 0.3 is 0 Å². The zero-order valence-corrected chi connectivity index (χ0v) is 17.4. The first kappa shape index (κ1) is 18.9. The van der Waals surface area contributed by atoms with Gasteiger partial charge in [-0.15, -0.1) is 11.3 Å². The Morgan fingerprint density at radius 2 is 2.07 bits per heavy atom. The number of hydrogen-bond donors (Lipinski definition) is 1. The van der Waals surface area contributed by atoms with E-state index in [0.717, 1.165) is 66.9 Å². The highest BCUT2D eigenvalue weighted by atomic mass is 32.1. The maximum absolute atomic E-state index is 13.1. The molecular weight excluding hydrogens is 370 g/mol. The number of benzene rings is 1. The number of nitrogens with zero attached hydrogens (tertiary/aromatic N) is 2. The molecule has 28 heavy (non-hydrogen) atoms. The van der Waals surface area contributed by atoms with Crippen molar-refractivity contribution in [2.24, 2.45) is 0 Å². The van der Waals surface area contributed by atoms with Gasteiger partial charge in [-0.3, -0.25) is 14.2 Å². The normalized spacial score (nSPS) is 14.0. The van der Waals surface area contributed by atoms with Crippen molar-refractivity contribution in [1.29, 1.82) is 0 Å². The number of para-hydroxylation sites is 1. The molecule has 1 aliphatic rings. The van der Waals surface area contributed by atoms with E-state index in [4.69, 9.17) is 4.98 Å². The Morgan fingerprint density at radius 1 is 1.25 bits per heavy atom. The average molecular weight is 396 g/mol. The van der Waals surface area contributed by atoms with Gasteiger partial charge in [-0.25, -0.2) is 4.98 Å². The lowest BCUT2D eigenvalue weighted by molar-refractivity contribution is 0.103. The molecule has 2 aromatic heterocycles. The van der Waals surface area contributed by atoms with Crippen LogP contribution in [0.1, 0.15) is 58.4 Å². The molecule has 4 rings (SSSR count). The number of anilines is 1. The molecule has 5 nitrogen and oxygen atoms in total. The molecule has 0 saturated carbocycles. The Kier molecular flexibility index (Phi) is 5.06. The number of aryl methyl sites for hydroxylation is 4. The van der Waals surface area contributed by atoms with E-state index in [1.165, 1.54) is 11.3 Å². The van der Waals surface area contributed by atoms with Gasteiger partial charge in [0.2, 0.25) is 0 Å². The minimum absolute atomic E-state index is 0.000149. The fourth-order valence-corrected chi connectivity index (χ4v) is 5.08. The van der Waals surface area contributed by atoms with Gasteiger partial charge < -0.3 is 5.32 Å². The van der Waals surface area contributed by atoms with Crippen LogP contribution >= 0.6 is 11.3 Å². The second-order valence-electron chi connectivity index (χ2n) is 7.45. The third-order valence-corrected chi connectivity index (χ3v) is 6.78. The quantitative estimate of drug-likeness (QED) is 0.704. The zero-order valence-electron chi connectivity index (χ0n) is 16.6. The van der Waals surface area contributed by atoms with Crippen molar-refractivity contribution in [3.8, 4) is 0 Å². The fraction of sp³-hybridized carbons (Fsp3) is 0.409. The summed E-state index contributed by atoms with van der Waals surface area (Å²) in [6.45, 7) is 6.65. The highest BCUT2D eigenvalue weighted by Crippen LogP contribution is 2.30. The van der Waals surface area contributed by atoms with Gasteiger partial charge in [0.1, 0.15) is 10.7 Å². The first-order valence-electron chi connectivity index (χ1n) is 9.94. The fourth-order valence-electron chi connectivity index (χ4n) is 4.00. The maximum Gasteiger partial charge on any atom is 0.266 e. The summed E-state index contributed by atoms with van der Waals surface area (Å²) in [5.41, 5.74) is 3.75. The predicted molar refractivity (Wildman–Crippen MR) is 115 cm³/mol. The van der Waals surface area contributed by atoms with E-state index in [9.17, 15) is 9.59 Å². The largest absolute Gasteiger partial charge is 0.321 e. The summed E-state index contributed by atoms with van der Waals surface area (Å²) in [5.74, 6) is 0.694. The Labute approximate surface area is 168 Å². The zero-order chi connectivity index (χ0) is 19.8. The highest BCUT2D eigenvalue weighted by molar-refractivity contribution is 7.20. The van der Waals surface area contributed by atoms with Crippen LogP contribution in [0, 0.1) is 13.8 Å². The van der Waals surface area contributed by atoms with Gasteiger partial charge in [0, 0.05) is 18.7 Å². The number of amides is 1. The smallest absolute Gasteiger partial charge is 0.266 e. The second kappa shape index (κ2) is 7.51. The lowest BCUT2D eigenvalue weighted by atomic mass is 10.1. The van der Waals surface area contributed by atoms with Gasteiger partial charge in [0.05, 0.1) is 10.3 Å². The van der Waals surface area contributed by atoms with E-state index < -0.39 is 0 Å². The highest BCUT2D eigenvalue weighted by Gasteiger charge is 2.23. The molecule has 0 atom stereocenters. The lowest BCUT2D eigenvalue weighted by Crippen LogP contribution is -2.24. The van der Waals surface area contributed by atoms with Crippen molar-refractivity contribution < 1.29 is 4.79 Å². The number of thiophene rings is 1. The van der Waals surface area contributed by atoms with Crippen molar-refractivity contribution in [3.05, 3.63) is 55.9 Å². The van der Waals surface area contributed by atoms with Crippen LogP contribution in [-0.2, 0) is 19.4 Å². The standard InChI is InChI=1S/C22H25N3O2S/c1-4-15-10-8-9-13(2)18(15)24-20(26)19-14(3)17-21(28-19)23-16-11-6-5-7-12-25(16)22(17)27/h8-10H,4-7,11-12H2,1-3H3,(H,24,26). The van der Waals surface area contributed by atoms with Crippen molar-refractivity contribution >= 4 is 33.1 Å². The Bertz CT molecular complexity index is 1130. The maximum atomic E-state index is 13.1. The summed E-state index contributed by atoms with van der Waals surface area (Å²) in [6.07, 6.45) is 4.86. The predicted octanol–water partition coefficient (Wildman–Crippen LogP) is 4.62. The molecule has 0 fully saturated rings. The van der Waals surface area contributed by atoms with E-state index in [2.05, 4.69) is 12.2 Å². The number of hydrogen-bond acceptors (Lipinski definition) is 4. The van der Waals surface area contributed by atoms with Crippen molar-refractivity contribution in [1.82, 2.24) is 9.55 Å². The molecular formula is C22H25N3O2S. The van der Waals surface area contributed by atoms with Crippen LogP contribution in [0.5, 0.6) is 0 Å². The molecule has 6 heteroatoms. The number of fused-ring (bicyclic) bond motifs is 2. The Balaban J connectivity index is 1.78. The molecule has 1 aromatic carbocycles. The molecule has 1 amide bonds. The van der Waals surface area contributed by atoms with E-state index in [1.807, 2.05) is 36.6 Å². The molecule has 1 aliphatic heterocycles. The minimum atomic E-state index is -0.163. The van der Waals surface area contributed by atoms with Gasteiger partial charge in [-0.2, -0.15) is 0 Å². The summed E-state index contributed by atoms with van der Waals surface area (Å²) in [5, 5.41) is 3.68. The molecule has 0 spiro atoms. The topological polar surface area (TPSA) is 64.0 Å². The van der Waals surface area contributed by atoms with Crippen LogP contribution in [0.4, 0.5) is 5.69 Å². The van der Waals surface area contributed by atoms with E-state index in [0.29, 0.717) is 15.1 Å². The Hall–Kier alpha value is -2.47. The van der Waals surface area contributed by atoms with Crippen molar-refractivity contribution in [2.75, 3.05) is 5.32 Å². The summed E-state index contributed by atoms with van der Waals surface area (Å²) in [7, 11) is 0. The Morgan fingerprint density at radius 3 is 2.86 bits per heavy atom. The average Bonchev–Trinajstić information content (AvgIpc) is 2.85. The number of nitrogens with one attached hydrogen (secondary N) is 1. The molecule has 0 radical (unpaired) electrons. The molecule has 3 heterocycles. The van der Waals surface area contributed by atoms with Crippen LogP contribution < -0.4 is 10.9 Å². The van der Waals surface area contributed by atoms with Gasteiger partial charge in [-0.05, 0) is 49.8 Å². The first-order valence-corrected chi connectivity index (χ1v) is 10.8. The van der Waals surface area contributed by atoms with Crippen LogP contribution in [0.15, 0.2) is 23.0 Å². The van der Waals surface area contributed by atoms with Gasteiger partial charge in [-0.1, -0.05) is 31.5 Å². The minimum Gasteiger partial charge on any atom is -0.321 e. The van der Waals surface area contributed by atoms with E-state index >= 15 is 0 Å². The first-order chi connectivity index (χ1) is 13.5. The molecule has 146 valence electrons. The molecule has 0 saturated heterocycles. The summed E-state index contributed by atoms with van der Waals surface area (Å²) in [4.78, 5) is 32.2. The van der Waals surface area contributed by atoms with Crippen molar-refractivity contribution in [2.45, 2.75) is 59.4 Å². The number of rotatable bonds is 3. The second-order valence-corrected chi connectivity index (χ2v) is 8.45. The summed E-state index contributed by atoms with van der Waals surface area (Å²) >= 11 is 1.33. The third-order valence-electron chi connectivity index (χ3n) is 5.60. The van der Waals surface area contributed by atoms with Gasteiger partial charge in [0.15, 0.2) is 0 Å². The lowest BCUT2D eigenvalue weighted by Gasteiger charge is -2.12. The third kappa shape index (κ3) is 3.15. The molecule has 3 aromatic rings. The number of carbonyl (C=O) groups excluding carboxylic acids is 1. The van der Waals surface area contributed by atoms with E-state index in [-0.39, 0.29) is 11.5 Å². The SMILES string of the molecule is CCc1cccc(C)c1NC(=O)c1sc2nc3n(c(=O)c2c1C)CCCCC3. The van der Waals surface area contributed by atoms with Crippen LogP contribution in [0.2, 0.25) is 0 Å². The van der Waals surface area contributed by atoms with Crippen LogP contribution in [0.3, 0.4) is 0 Å². The summed E-state index contributed by atoms with van der Waals surface area (Å²) < 4.78 is 1.81. The van der Waals surface area contributed by atoms with Crippen LogP contribution in [-0.4, -0.2) is 15.5 Å². The monoisotopic (exact) mass is 395 g/mol. The number of carbonyl (C=O) groups is 1. The molecule has 1 N–H and O–H groups in total.